The summed E-state index contributed by atoms with van der Waals surface area (Å²) in [5.41, 5.74) is 4.20. The van der Waals surface area contributed by atoms with Gasteiger partial charge in [-0.15, -0.1) is 10.2 Å². The van der Waals surface area contributed by atoms with Gasteiger partial charge >= 0.3 is 19.5 Å². The van der Waals surface area contributed by atoms with E-state index < -0.39 is 9.85 Å². The van der Waals surface area contributed by atoms with Crippen molar-refractivity contribution in [1.29, 1.82) is 0 Å². The number of nitro groups is 2. The number of quaternary nitrogens is 2. The molecular formula is C36H46Cl6N10O4Zn. The maximum atomic E-state index is 10.7. The molecule has 0 amide bonds. The Bertz CT molecular complexity index is 1760. The molecule has 0 aliphatic heterocycles. The molecule has 0 aliphatic rings. The third kappa shape index (κ3) is 20.8. The fraction of sp³-hybridized carbons (Fsp3) is 0.333. The Morgan fingerprint density at radius 3 is 1.09 bits per heavy atom. The fourth-order valence-electron chi connectivity index (χ4n) is 4.31. The van der Waals surface area contributed by atoms with Gasteiger partial charge in [0.1, 0.15) is 11.4 Å². The third-order valence-electron chi connectivity index (χ3n) is 7.62. The van der Waals surface area contributed by atoms with E-state index in [9.17, 15) is 20.2 Å². The zero-order valence-electron chi connectivity index (χ0n) is 33.0. The van der Waals surface area contributed by atoms with Crippen LogP contribution in [0.3, 0.4) is 0 Å². The number of nitrogens with zero attached hydrogens (tertiary/aromatic N) is 10. The van der Waals surface area contributed by atoms with Crippen molar-refractivity contribution in [3.63, 3.8) is 0 Å². The van der Waals surface area contributed by atoms with Crippen molar-refractivity contribution in [2.75, 3.05) is 92.4 Å². The molecule has 0 heterocycles. The smallest absolute Gasteiger partial charge is 1.00 e. The van der Waals surface area contributed by atoms with Crippen molar-refractivity contribution in [1.82, 2.24) is 0 Å². The van der Waals surface area contributed by atoms with Crippen LogP contribution in [0.4, 0.5) is 45.5 Å². The van der Waals surface area contributed by atoms with Crippen LogP contribution in [0.25, 0.3) is 0 Å². The molecule has 4 aromatic carbocycles. The maximum absolute atomic E-state index is 10.7. The van der Waals surface area contributed by atoms with Gasteiger partial charge in [0.05, 0.1) is 99.7 Å². The number of nitro benzene ring substituents is 2. The molecule has 308 valence electrons. The summed E-state index contributed by atoms with van der Waals surface area (Å²) in [5.74, 6) is 0. The van der Waals surface area contributed by atoms with Crippen LogP contribution in [0, 0.1) is 20.2 Å². The number of halogens is 6. The van der Waals surface area contributed by atoms with E-state index in [1.807, 2.05) is 48.5 Å². The number of benzene rings is 4. The minimum atomic E-state index is -0.499. The van der Waals surface area contributed by atoms with E-state index in [0.29, 0.717) is 22.7 Å². The molecule has 0 aliphatic carbocycles. The van der Waals surface area contributed by atoms with Gasteiger partial charge < -0.3 is 68.4 Å². The first kappa shape index (κ1) is 58.1. The van der Waals surface area contributed by atoms with E-state index >= 15 is 0 Å². The monoisotopic (exact) mass is 956 g/mol. The number of likely N-dealkylation sites (N-methyl/N-ethyl adjacent to an activating group) is 4. The minimum absolute atomic E-state index is 0. The quantitative estimate of drug-likeness (QED) is 0.0455. The molecule has 0 bridgehead atoms. The normalized spacial score (nSPS) is 10.7. The van der Waals surface area contributed by atoms with Crippen molar-refractivity contribution in [2.24, 2.45) is 20.5 Å². The Morgan fingerprint density at radius 2 is 0.842 bits per heavy atom. The van der Waals surface area contributed by atoms with Gasteiger partial charge in [-0.3, -0.25) is 20.2 Å². The Labute approximate surface area is 382 Å². The molecule has 0 unspecified atom stereocenters. The van der Waals surface area contributed by atoms with Crippen LogP contribution in [0.15, 0.2) is 105 Å². The second kappa shape index (κ2) is 26.7. The molecule has 0 aromatic heterocycles. The van der Waals surface area contributed by atoms with Crippen molar-refractivity contribution in [2.45, 2.75) is 0 Å². The summed E-state index contributed by atoms with van der Waals surface area (Å²) in [6.45, 7) is 3.97. The molecule has 0 spiro atoms. The average molecular weight is 961 g/mol. The first-order valence-corrected chi connectivity index (χ1v) is 17.0. The standard InChI is InChI=1S/2C18H23ClN5O2.4ClH.Zn/c2*1-22(11-12-24(2,3)4)15-7-5-14(6-8-15)20-21-18-10-9-16(23(25)26)13-17(18)19;;;;;/h2*5-10,13H,11-12H2,1-4H3;4*1H;/q2*+1;;;;;+2/p-4. The first-order valence-electron chi connectivity index (χ1n) is 16.3. The van der Waals surface area contributed by atoms with E-state index in [1.54, 1.807) is 0 Å². The average Bonchev–Trinajstić information content (AvgIpc) is 3.08. The predicted octanol–water partition coefficient (Wildman–Crippen LogP) is -2.37. The van der Waals surface area contributed by atoms with Gasteiger partial charge in [0, 0.05) is 49.7 Å². The largest absolute Gasteiger partial charge is 2.00 e. The van der Waals surface area contributed by atoms with Gasteiger partial charge in [-0.05, 0) is 60.7 Å². The van der Waals surface area contributed by atoms with Gasteiger partial charge in [0.25, 0.3) is 11.4 Å². The summed E-state index contributed by atoms with van der Waals surface area (Å²) >= 11 is 12.0. The van der Waals surface area contributed by atoms with Crippen LogP contribution in [-0.4, -0.2) is 101 Å². The maximum Gasteiger partial charge on any atom is 2.00 e. The fourth-order valence-corrected chi connectivity index (χ4v) is 4.74. The van der Waals surface area contributed by atoms with Crippen LogP contribution in [0.2, 0.25) is 10.0 Å². The molecule has 0 saturated carbocycles. The molecule has 0 atom stereocenters. The van der Waals surface area contributed by atoms with Crippen molar-refractivity contribution >= 4 is 68.7 Å². The number of non-ortho nitro benzene ring substituents is 2. The van der Waals surface area contributed by atoms with Crippen LogP contribution < -0.4 is 59.4 Å². The topological polar surface area (TPSA) is 142 Å². The van der Waals surface area contributed by atoms with Gasteiger partial charge in [0.15, 0.2) is 0 Å². The van der Waals surface area contributed by atoms with Crippen LogP contribution in [0.1, 0.15) is 0 Å². The van der Waals surface area contributed by atoms with E-state index in [2.05, 4.69) is 86.6 Å². The second-order valence-electron chi connectivity index (χ2n) is 14.1. The van der Waals surface area contributed by atoms with Crippen molar-refractivity contribution in [3.05, 3.63) is 115 Å². The molecule has 21 heteroatoms. The second-order valence-corrected chi connectivity index (χ2v) is 14.9. The Hall–Kier alpha value is -3.24. The molecule has 4 rings (SSSR count). The van der Waals surface area contributed by atoms with Crippen LogP contribution >= 0.6 is 23.2 Å². The van der Waals surface area contributed by atoms with Gasteiger partial charge in [-0.1, -0.05) is 23.2 Å². The molecule has 0 N–H and O–H groups in total. The molecule has 0 radical (unpaired) electrons. The molecule has 14 nitrogen and oxygen atoms in total. The number of hydrogen-bond donors (Lipinski definition) is 0. The van der Waals surface area contributed by atoms with Crippen LogP contribution in [-0.2, 0) is 19.5 Å². The predicted molar refractivity (Wildman–Crippen MR) is 210 cm³/mol. The summed E-state index contributed by atoms with van der Waals surface area (Å²) in [5, 5.41) is 38.3. The summed E-state index contributed by atoms with van der Waals surface area (Å²) in [6, 6.07) is 23.7. The van der Waals surface area contributed by atoms with E-state index in [-0.39, 0.29) is 90.5 Å². The first-order chi connectivity index (χ1) is 24.3. The number of hydrogen-bond acceptors (Lipinski definition) is 10. The minimum Gasteiger partial charge on any atom is -1.00 e. The molecule has 57 heavy (non-hydrogen) atoms. The molecule has 0 fully saturated rings. The van der Waals surface area contributed by atoms with Gasteiger partial charge in [-0.2, -0.15) is 10.2 Å². The molecule has 4 aromatic rings. The molecule has 0 saturated heterocycles. The van der Waals surface area contributed by atoms with Crippen molar-refractivity contribution < 1.29 is 87.9 Å². The molecular weight excluding hydrogens is 915 g/mol. The zero-order valence-corrected chi connectivity index (χ0v) is 40.5. The van der Waals surface area contributed by atoms with E-state index in [4.69, 9.17) is 23.2 Å². The van der Waals surface area contributed by atoms with Gasteiger partial charge in [0.2, 0.25) is 0 Å². The summed E-state index contributed by atoms with van der Waals surface area (Å²) < 4.78 is 1.82. The SMILES string of the molecule is CN(CC[N+](C)(C)C)c1ccc(N=Nc2ccc([N+](=O)[O-])cc2Cl)cc1.CN(CC[N+](C)(C)C)c1ccc(N=Nc2ccc([N+](=O)[O-])cc2Cl)cc1.[Cl-].[Cl-].[Cl-].[Cl-].[Zn+2]. The summed E-state index contributed by atoms with van der Waals surface area (Å²) in [7, 11) is 17.1. The Kier molecular flexibility index (Phi) is 27.2. The number of anilines is 2. The third-order valence-corrected chi connectivity index (χ3v) is 8.23. The summed E-state index contributed by atoms with van der Waals surface area (Å²) in [4.78, 5) is 24.8. The summed E-state index contributed by atoms with van der Waals surface area (Å²) in [6.07, 6.45) is 0. The van der Waals surface area contributed by atoms with Crippen molar-refractivity contribution in [3.8, 4) is 0 Å². The van der Waals surface area contributed by atoms with Crippen LogP contribution in [0.5, 0.6) is 0 Å². The van der Waals surface area contributed by atoms with Gasteiger partial charge in [-0.25, -0.2) is 0 Å². The zero-order chi connectivity index (χ0) is 38.6. The van der Waals surface area contributed by atoms with E-state index in [1.165, 1.54) is 36.4 Å². The van der Waals surface area contributed by atoms with E-state index in [0.717, 1.165) is 46.5 Å². The Morgan fingerprint density at radius 1 is 0.544 bits per heavy atom. The Balaban J connectivity index is -0.000000941. The number of rotatable bonds is 14. The number of azo groups is 2.